The van der Waals surface area contributed by atoms with Gasteiger partial charge in [-0.3, -0.25) is 9.59 Å². The zero-order chi connectivity index (χ0) is 23.8. The lowest BCUT2D eigenvalue weighted by atomic mass is 10.1. The molecule has 3 aromatic rings. The van der Waals surface area contributed by atoms with Gasteiger partial charge in [0.1, 0.15) is 0 Å². The number of anilines is 1. The molecule has 3 rings (SSSR count). The number of hydrogen-bond acceptors (Lipinski definition) is 5. The van der Waals surface area contributed by atoms with Crippen molar-refractivity contribution in [3.05, 3.63) is 83.7 Å². The Morgan fingerprint density at radius 1 is 1.15 bits per heavy atom. The van der Waals surface area contributed by atoms with Gasteiger partial charge in [0.15, 0.2) is 11.0 Å². The number of rotatable bonds is 10. The second-order valence-electron chi connectivity index (χ2n) is 7.65. The molecule has 33 heavy (non-hydrogen) atoms. The number of thioether (sulfide) groups is 1. The maximum Gasteiger partial charge on any atom is 0.251 e. The van der Waals surface area contributed by atoms with E-state index in [1.165, 1.54) is 11.8 Å². The summed E-state index contributed by atoms with van der Waals surface area (Å²) < 4.78 is 1.87. The van der Waals surface area contributed by atoms with E-state index >= 15 is 0 Å². The maximum atomic E-state index is 12.6. The molecule has 2 amide bonds. The molecular formula is C25H29N5O2S. The van der Waals surface area contributed by atoms with Crippen LogP contribution in [-0.2, 0) is 17.8 Å². The number of nitrogens with one attached hydrogen (secondary N) is 2. The van der Waals surface area contributed by atoms with Crippen molar-refractivity contribution in [3.63, 3.8) is 0 Å². The van der Waals surface area contributed by atoms with E-state index in [0.717, 1.165) is 23.2 Å². The van der Waals surface area contributed by atoms with Crippen LogP contribution in [0.5, 0.6) is 0 Å². The number of aryl methyl sites for hydroxylation is 2. The van der Waals surface area contributed by atoms with Crippen LogP contribution in [-0.4, -0.2) is 32.3 Å². The van der Waals surface area contributed by atoms with Crippen LogP contribution in [0.15, 0.2) is 66.3 Å². The monoisotopic (exact) mass is 463 g/mol. The molecule has 0 aliphatic rings. The van der Waals surface area contributed by atoms with Crippen molar-refractivity contribution < 1.29 is 9.59 Å². The van der Waals surface area contributed by atoms with E-state index in [1.54, 1.807) is 18.2 Å². The highest BCUT2D eigenvalue weighted by Crippen LogP contribution is 2.22. The molecule has 1 aromatic heterocycles. The number of carbonyl (C=O) groups is 2. The van der Waals surface area contributed by atoms with Crippen molar-refractivity contribution in [1.29, 1.82) is 0 Å². The number of benzene rings is 2. The average molecular weight is 464 g/mol. The summed E-state index contributed by atoms with van der Waals surface area (Å²) in [4.78, 5) is 25.1. The van der Waals surface area contributed by atoms with Gasteiger partial charge in [0.2, 0.25) is 5.91 Å². The molecule has 0 spiro atoms. The number of aromatic nitrogens is 3. The Morgan fingerprint density at radius 3 is 2.58 bits per heavy atom. The van der Waals surface area contributed by atoms with Gasteiger partial charge < -0.3 is 15.2 Å². The number of carbonyl (C=O) groups excluding carboxylic acids is 2. The first-order valence-electron chi connectivity index (χ1n) is 10.8. The molecular weight excluding hydrogens is 434 g/mol. The molecule has 7 nitrogen and oxygen atoms in total. The van der Waals surface area contributed by atoms with E-state index in [9.17, 15) is 9.59 Å². The van der Waals surface area contributed by atoms with Crippen LogP contribution in [0.4, 0.5) is 5.69 Å². The third-order valence-corrected chi connectivity index (χ3v) is 6.08. The normalized spacial score (nSPS) is 11.6. The van der Waals surface area contributed by atoms with E-state index < -0.39 is 0 Å². The van der Waals surface area contributed by atoms with Crippen LogP contribution < -0.4 is 10.6 Å². The Hall–Kier alpha value is -3.39. The SMILES string of the molecule is C=CCn1c(SCC(=O)Nc2ccccc2CC)nnc1[C@H](C)NC(=O)c1ccc(C)cc1. The maximum absolute atomic E-state index is 12.6. The van der Waals surface area contributed by atoms with Gasteiger partial charge in [-0.1, -0.05) is 60.7 Å². The summed E-state index contributed by atoms with van der Waals surface area (Å²) in [5.74, 6) is 0.502. The predicted molar refractivity (Wildman–Crippen MR) is 132 cm³/mol. The van der Waals surface area contributed by atoms with Crippen LogP contribution >= 0.6 is 11.8 Å². The van der Waals surface area contributed by atoms with Crippen molar-refractivity contribution in [1.82, 2.24) is 20.1 Å². The molecule has 0 fully saturated rings. The molecule has 1 heterocycles. The lowest BCUT2D eigenvalue weighted by Gasteiger charge is -2.15. The summed E-state index contributed by atoms with van der Waals surface area (Å²) in [7, 11) is 0. The van der Waals surface area contributed by atoms with Crippen LogP contribution in [0.2, 0.25) is 0 Å². The summed E-state index contributed by atoms with van der Waals surface area (Å²) in [6, 6.07) is 14.8. The Bertz CT molecular complexity index is 1120. The van der Waals surface area contributed by atoms with Crippen LogP contribution in [0, 0.1) is 6.92 Å². The summed E-state index contributed by atoms with van der Waals surface area (Å²) in [5, 5.41) is 15.1. The summed E-state index contributed by atoms with van der Waals surface area (Å²) >= 11 is 1.30. The van der Waals surface area contributed by atoms with Crippen molar-refractivity contribution in [3.8, 4) is 0 Å². The molecule has 1 atom stereocenters. The Balaban J connectivity index is 1.67. The Kier molecular flexibility index (Phi) is 8.43. The molecule has 0 aliphatic heterocycles. The molecule has 0 radical (unpaired) electrons. The summed E-state index contributed by atoms with van der Waals surface area (Å²) in [6.07, 6.45) is 2.58. The Labute approximate surface area is 198 Å². The largest absolute Gasteiger partial charge is 0.342 e. The minimum Gasteiger partial charge on any atom is -0.342 e. The van der Waals surface area contributed by atoms with E-state index in [0.29, 0.717) is 23.1 Å². The van der Waals surface area contributed by atoms with E-state index in [1.807, 2.05) is 54.8 Å². The Morgan fingerprint density at radius 2 is 1.88 bits per heavy atom. The molecule has 2 N–H and O–H groups in total. The zero-order valence-electron chi connectivity index (χ0n) is 19.2. The number of allylic oxidation sites excluding steroid dienone is 1. The highest BCUT2D eigenvalue weighted by atomic mass is 32.2. The average Bonchev–Trinajstić information content (AvgIpc) is 3.21. The molecule has 172 valence electrons. The van der Waals surface area contributed by atoms with Crippen molar-refractivity contribution in [2.45, 2.75) is 44.9 Å². The van der Waals surface area contributed by atoms with E-state index in [2.05, 4.69) is 34.3 Å². The van der Waals surface area contributed by atoms with Gasteiger partial charge in [-0.25, -0.2) is 0 Å². The van der Waals surface area contributed by atoms with Gasteiger partial charge in [-0.2, -0.15) is 0 Å². The highest BCUT2D eigenvalue weighted by molar-refractivity contribution is 7.99. The van der Waals surface area contributed by atoms with Crippen molar-refractivity contribution in [2.24, 2.45) is 0 Å². The van der Waals surface area contributed by atoms with E-state index in [4.69, 9.17) is 0 Å². The zero-order valence-corrected chi connectivity index (χ0v) is 20.0. The second-order valence-corrected chi connectivity index (χ2v) is 8.59. The summed E-state index contributed by atoms with van der Waals surface area (Å²) in [5.41, 5.74) is 3.59. The van der Waals surface area contributed by atoms with Crippen LogP contribution in [0.25, 0.3) is 0 Å². The van der Waals surface area contributed by atoms with Crippen molar-refractivity contribution >= 4 is 29.3 Å². The molecule has 2 aromatic carbocycles. The fraction of sp³-hybridized carbons (Fsp3) is 0.280. The molecule has 0 bridgehead atoms. The van der Waals surface area contributed by atoms with Gasteiger partial charge in [-0.15, -0.1) is 16.8 Å². The highest BCUT2D eigenvalue weighted by Gasteiger charge is 2.20. The number of para-hydroxylation sites is 1. The third kappa shape index (κ3) is 6.32. The predicted octanol–water partition coefficient (Wildman–Crippen LogP) is 4.56. The van der Waals surface area contributed by atoms with Gasteiger partial charge >= 0.3 is 0 Å². The fourth-order valence-electron chi connectivity index (χ4n) is 3.34. The minimum absolute atomic E-state index is 0.115. The third-order valence-electron chi connectivity index (χ3n) is 5.11. The van der Waals surface area contributed by atoms with Gasteiger partial charge in [-0.05, 0) is 44.0 Å². The first-order chi connectivity index (χ1) is 15.9. The summed E-state index contributed by atoms with van der Waals surface area (Å²) in [6.45, 7) is 10.2. The minimum atomic E-state index is -0.370. The molecule has 8 heteroatoms. The first kappa shape index (κ1) is 24.3. The lowest BCUT2D eigenvalue weighted by Crippen LogP contribution is -2.28. The van der Waals surface area contributed by atoms with Gasteiger partial charge in [0.25, 0.3) is 5.91 Å². The van der Waals surface area contributed by atoms with Gasteiger partial charge in [0.05, 0.1) is 11.8 Å². The molecule has 0 unspecified atom stereocenters. The molecule has 0 saturated carbocycles. The molecule has 0 saturated heterocycles. The number of hydrogen-bond donors (Lipinski definition) is 2. The number of nitrogens with zero attached hydrogens (tertiary/aromatic N) is 3. The first-order valence-corrected chi connectivity index (χ1v) is 11.8. The lowest BCUT2D eigenvalue weighted by molar-refractivity contribution is -0.113. The van der Waals surface area contributed by atoms with Crippen LogP contribution in [0.1, 0.15) is 47.2 Å². The van der Waals surface area contributed by atoms with Gasteiger partial charge in [0, 0.05) is 17.8 Å². The topological polar surface area (TPSA) is 88.9 Å². The standard InChI is InChI=1S/C25H29N5O2S/c1-5-15-30-23(18(4)26-24(32)20-13-11-17(3)12-14-20)28-29-25(30)33-16-22(31)27-21-10-8-7-9-19(21)6-2/h5,7-14,18H,1,6,15-16H2,2-4H3,(H,26,32)(H,27,31)/t18-/m0/s1. The second kappa shape index (κ2) is 11.5. The van der Waals surface area contributed by atoms with E-state index in [-0.39, 0.29) is 23.6 Å². The fourth-order valence-corrected chi connectivity index (χ4v) is 4.10. The van der Waals surface area contributed by atoms with Crippen LogP contribution in [0.3, 0.4) is 0 Å². The molecule has 0 aliphatic carbocycles. The number of amides is 2. The van der Waals surface area contributed by atoms with Crippen molar-refractivity contribution in [2.75, 3.05) is 11.1 Å². The quantitative estimate of drug-likeness (QED) is 0.340. The smallest absolute Gasteiger partial charge is 0.251 e.